The fraction of sp³-hybridized carbons (Fsp3) is 0.560. The molecule has 0 radical (unpaired) electrons. The zero-order chi connectivity index (χ0) is 20.3. The highest BCUT2D eigenvalue weighted by Crippen LogP contribution is 2.62. The van der Waals surface area contributed by atoms with Gasteiger partial charge in [-0.2, -0.15) is 5.10 Å². The first-order chi connectivity index (χ1) is 13.9. The molecule has 0 aliphatic heterocycles. The highest BCUT2D eigenvalue weighted by atomic mass is 16.5. The number of aromatic nitrogens is 2. The van der Waals surface area contributed by atoms with Crippen molar-refractivity contribution in [3.05, 3.63) is 52.4 Å². The van der Waals surface area contributed by atoms with E-state index in [-0.39, 0.29) is 11.5 Å². The second-order valence-electron chi connectivity index (χ2n) is 9.66. The third-order valence-electron chi connectivity index (χ3n) is 8.42. The third kappa shape index (κ3) is 2.79. The van der Waals surface area contributed by atoms with E-state index >= 15 is 0 Å². The van der Waals surface area contributed by atoms with Crippen molar-refractivity contribution in [2.24, 2.45) is 24.3 Å². The lowest BCUT2D eigenvalue weighted by Crippen LogP contribution is -2.44. The Morgan fingerprint density at radius 2 is 2.14 bits per heavy atom. The lowest BCUT2D eigenvalue weighted by Gasteiger charge is -2.49. The molecule has 3 aliphatic rings. The summed E-state index contributed by atoms with van der Waals surface area (Å²) in [6.45, 7) is 4.43. The maximum absolute atomic E-state index is 11.3. The number of aliphatic hydroxyl groups excluding tert-OH is 1. The molecule has 29 heavy (non-hydrogen) atoms. The molecule has 1 aromatic heterocycles. The fourth-order valence-electron chi connectivity index (χ4n) is 6.54. The summed E-state index contributed by atoms with van der Waals surface area (Å²) >= 11 is 0. The maximum atomic E-state index is 11.3. The molecule has 0 amide bonds. The topological polar surface area (TPSA) is 47.3 Å². The predicted octanol–water partition coefficient (Wildman–Crippen LogP) is 4.65. The molecular weight excluding hydrogens is 360 g/mol. The Bertz CT molecular complexity index is 975. The molecule has 154 valence electrons. The normalized spacial score (nSPS) is 34.6. The lowest BCUT2D eigenvalue weighted by atomic mass is 9.55. The van der Waals surface area contributed by atoms with Crippen molar-refractivity contribution in [2.45, 2.75) is 58.0 Å². The van der Waals surface area contributed by atoms with Crippen LogP contribution in [0.1, 0.15) is 60.9 Å². The summed E-state index contributed by atoms with van der Waals surface area (Å²) in [4.78, 5) is 0. The Hall–Kier alpha value is -2.07. The Kier molecular flexibility index (Phi) is 4.39. The Morgan fingerprint density at radius 1 is 1.31 bits per heavy atom. The molecule has 1 aromatic carbocycles. The summed E-state index contributed by atoms with van der Waals surface area (Å²) in [5.74, 6) is 2.80. The highest BCUT2D eigenvalue weighted by molar-refractivity contribution is 5.57. The van der Waals surface area contributed by atoms with Gasteiger partial charge in [0.1, 0.15) is 5.75 Å². The number of hydrogen-bond donors (Lipinski definition) is 1. The lowest BCUT2D eigenvalue weighted by molar-refractivity contribution is -0.0158. The Balaban J connectivity index is 1.48. The van der Waals surface area contributed by atoms with Gasteiger partial charge in [-0.1, -0.05) is 13.0 Å². The molecule has 5 atom stereocenters. The largest absolute Gasteiger partial charge is 0.497 e. The number of aryl methyl sites for hydroxylation is 2. The summed E-state index contributed by atoms with van der Waals surface area (Å²) in [6, 6.07) is 6.66. The first-order valence-corrected chi connectivity index (χ1v) is 11.0. The van der Waals surface area contributed by atoms with E-state index in [9.17, 15) is 5.11 Å². The van der Waals surface area contributed by atoms with Crippen molar-refractivity contribution in [3.8, 4) is 5.75 Å². The average Bonchev–Trinajstić information content (AvgIpc) is 3.18. The Morgan fingerprint density at radius 3 is 2.86 bits per heavy atom. The van der Waals surface area contributed by atoms with Crippen LogP contribution in [0.5, 0.6) is 5.75 Å². The smallest absolute Gasteiger partial charge is 0.119 e. The van der Waals surface area contributed by atoms with Gasteiger partial charge >= 0.3 is 0 Å². The van der Waals surface area contributed by atoms with Crippen LogP contribution in [0.25, 0.3) is 6.08 Å². The van der Waals surface area contributed by atoms with Crippen LogP contribution >= 0.6 is 0 Å². The summed E-state index contributed by atoms with van der Waals surface area (Å²) in [5, 5.41) is 15.7. The highest BCUT2D eigenvalue weighted by Gasteiger charge is 2.56. The van der Waals surface area contributed by atoms with Crippen molar-refractivity contribution >= 4 is 6.08 Å². The summed E-state index contributed by atoms with van der Waals surface area (Å²) in [6.07, 6.45) is 9.42. The summed E-state index contributed by atoms with van der Waals surface area (Å²) in [7, 11) is 3.72. The molecule has 1 heterocycles. The van der Waals surface area contributed by atoms with Crippen LogP contribution in [0.4, 0.5) is 0 Å². The van der Waals surface area contributed by atoms with Gasteiger partial charge in [-0.3, -0.25) is 4.68 Å². The molecule has 0 unspecified atom stereocenters. The molecule has 2 saturated carbocycles. The van der Waals surface area contributed by atoms with Gasteiger partial charge in [-0.15, -0.1) is 0 Å². The van der Waals surface area contributed by atoms with E-state index in [1.165, 1.54) is 29.5 Å². The molecule has 0 saturated heterocycles. The second kappa shape index (κ2) is 6.73. The van der Waals surface area contributed by atoms with Crippen molar-refractivity contribution in [2.75, 3.05) is 7.11 Å². The van der Waals surface area contributed by atoms with E-state index < -0.39 is 0 Å². The van der Waals surface area contributed by atoms with Crippen molar-refractivity contribution in [1.29, 1.82) is 0 Å². The number of fused-ring (bicyclic) bond motifs is 5. The van der Waals surface area contributed by atoms with Gasteiger partial charge in [-0.25, -0.2) is 0 Å². The molecule has 1 N–H and O–H groups in total. The minimum absolute atomic E-state index is 0.00686. The minimum Gasteiger partial charge on any atom is -0.497 e. The third-order valence-corrected chi connectivity index (χ3v) is 8.42. The standard InChI is InChI=1S/C25H32N2O2/c1-15-18(14-26-27(15)3)11-17-13-23-22-7-5-16-12-19(29-4)6-8-20(16)21(22)9-10-25(23,2)24(17)28/h6,8,11-12,14,21-24,28H,5,7,9-10,13H2,1-4H3/b17-11+/t21-,22-,23+,24-,25+/m1/s1. The zero-order valence-corrected chi connectivity index (χ0v) is 18.0. The van der Waals surface area contributed by atoms with E-state index in [1.807, 2.05) is 17.9 Å². The first-order valence-electron chi connectivity index (χ1n) is 11.0. The zero-order valence-electron chi connectivity index (χ0n) is 18.0. The van der Waals surface area contributed by atoms with Gasteiger partial charge in [0.2, 0.25) is 0 Å². The Labute approximate surface area is 173 Å². The monoisotopic (exact) mass is 392 g/mol. The van der Waals surface area contributed by atoms with Crippen LogP contribution in [0.3, 0.4) is 0 Å². The first kappa shape index (κ1) is 18.9. The van der Waals surface area contributed by atoms with E-state index in [4.69, 9.17) is 4.74 Å². The molecule has 0 bridgehead atoms. The van der Waals surface area contributed by atoms with Crippen molar-refractivity contribution in [1.82, 2.24) is 9.78 Å². The van der Waals surface area contributed by atoms with Gasteiger partial charge in [0.15, 0.2) is 0 Å². The number of methoxy groups -OCH3 is 1. The fourth-order valence-corrected chi connectivity index (χ4v) is 6.54. The van der Waals surface area contributed by atoms with E-state index in [1.54, 1.807) is 7.11 Å². The van der Waals surface area contributed by atoms with Crippen LogP contribution < -0.4 is 4.74 Å². The van der Waals surface area contributed by atoms with Crippen LogP contribution in [0.15, 0.2) is 30.0 Å². The van der Waals surface area contributed by atoms with E-state index in [0.717, 1.165) is 36.3 Å². The maximum Gasteiger partial charge on any atom is 0.119 e. The molecule has 4 nitrogen and oxygen atoms in total. The number of nitrogens with zero attached hydrogens (tertiary/aromatic N) is 2. The van der Waals surface area contributed by atoms with Gasteiger partial charge in [0.05, 0.1) is 19.4 Å². The second-order valence-corrected chi connectivity index (χ2v) is 9.66. The molecule has 3 aliphatic carbocycles. The van der Waals surface area contributed by atoms with Crippen LogP contribution in [-0.2, 0) is 13.5 Å². The number of rotatable bonds is 2. The average molecular weight is 393 g/mol. The molecule has 0 spiro atoms. The minimum atomic E-state index is -0.342. The molecule has 2 aromatic rings. The van der Waals surface area contributed by atoms with E-state index in [2.05, 4.69) is 43.2 Å². The molecule has 4 heteroatoms. The van der Waals surface area contributed by atoms with Gasteiger partial charge in [0.25, 0.3) is 0 Å². The molecule has 2 fully saturated rings. The van der Waals surface area contributed by atoms with Gasteiger partial charge in [-0.05, 0) is 91.7 Å². The van der Waals surface area contributed by atoms with Gasteiger partial charge < -0.3 is 9.84 Å². The summed E-state index contributed by atoms with van der Waals surface area (Å²) < 4.78 is 7.36. The SMILES string of the molecule is COc1ccc2c(c1)CC[C@@H]1[C@@H]2CC[C@]2(C)[C@H](O)/C(=C/c3cnn(C)c3C)C[C@@H]12. The number of hydrogen-bond acceptors (Lipinski definition) is 3. The van der Waals surface area contributed by atoms with Crippen LogP contribution in [0, 0.1) is 24.2 Å². The van der Waals surface area contributed by atoms with Crippen molar-refractivity contribution in [3.63, 3.8) is 0 Å². The quantitative estimate of drug-likeness (QED) is 0.809. The molecule has 5 rings (SSSR count). The summed E-state index contributed by atoms with van der Waals surface area (Å²) in [5.41, 5.74) is 6.49. The van der Waals surface area contributed by atoms with Crippen LogP contribution in [-0.4, -0.2) is 28.1 Å². The van der Waals surface area contributed by atoms with Gasteiger partial charge in [0, 0.05) is 23.7 Å². The number of benzene rings is 1. The van der Waals surface area contributed by atoms with E-state index in [0.29, 0.717) is 17.8 Å². The number of aliphatic hydroxyl groups is 1. The number of ether oxygens (including phenoxy) is 1. The van der Waals surface area contributed by atoms with Crippen molar-refractivity contribution < 1.29 is 9.84 Å². The predicted molar refractivity (Wildman–Crippen MR) is 115 cm³/mol. The van der Waals surface area contributed by atoms with Crippen LogP contribution in [0.2, 0.25) is 0 Å². The molecular formula is C25H32N2O2.